The lowest BCUT2D eigenvalue weighted by atomic mass is 10.2. The van der Waals surface area contributed by atoms with Crippen LogP contribution in [0, 0.1) is 0 Å². The number of phenols is 1. The third-order valence-electron chi connectivity index (χ3n) is 2.44. The molecule has 1 aromatic carbocycles. The van der Waals surface area contributed by atoms with Gasteiger partial charge >= 0.3 is 0 Å². The molecule has 3 nitrogen and oxygen atoms in total. The van der Waals surface area contributed by atoms with Crippen LogP contribution in [0.4, 0.5) is 0 Å². The van der Waals surface area contributed by atoms with Crippen molar-refractivity contribution in [1.82, 2.24) is 5.32 Å². The minimum absolute atomic E-state index is 0.196. The number of aromatic hydroxyl groups is 1. The Bertz CT molecular complexity index is 337. The highest BCUT2D eigenvalue weighted by Crippen LogP contribution is 2.34. The van der Waals surface area contributed by atoms with Gasteiger partial charge in [0.05, 0.1) is 12.5 Å². The smallest absolute Gasteiger partial charge is 0.160 e. The summed E-state index contributed by atoms with van der Waals surface area (Å²) in [5, 5.41) is 13.2. The van der Waals surface area contributed by atoms with Crippen LogP contribution in [0.25, 0.3) is 0 Å². The van der Waals surface area contributed by atoms with Gasteiger partial charge < -0.3 is 15.2 Å². The Labute approximate surface area is 93.8 Å². The summed E-state index contributed by atoms with van der Waals surface area (Å²) >= 11 is 1.89. The fraction of sp³-hybridized carbons (Fsp3) is 0.455. The van der Waals surface area contributed by atoms with E-state index < -0.39 is 0 Å². The second-order valence-electron chi connectivity index (χ2n) is 3.49. The lowest BCUT2D eigenvalue weighted by Gasteiger charge is -2.23. The Kier molecular flexibility index (Phi) is 3.38. The molecule has 1 atom stereocenters. The van der Waals surface area contributed by atoms with Gasteiger partial charge in [-0.15, -0.1) is 11.8 Å². The van der Waals surface area contributed by atoms with Gasteiger partial charge in [0.15, 0.2) is 11.5 Å². The van der Waals surface area contributed by atoms with Gasteiger partial charge in [-0.05, 0) is 36.4 Å². The van der Waals surface area contributed by atoms with E-state index in [9.17, 15) is 5.11 Å². The summed E-state index contributed by atoms with van der Waals surface area (Å²) in [4.78, 5) is 0. The van der Waals surface area contributed by atoms with Crippen LogP contribution in [0.15, 0.2) is 18.2 Å². The van der Waals surface area contributed by atoms with Crippen LogP contribution in [0.1, 0.15) is 17.4 Å². The molecule has 0 spiro atoms. The molecule has 0 radical (unpaired) electrons. The molecule has 0 bridgehead atoms. The van der Waals surface area contributed by atoms with E-state index >= 15 is 0 Å². The average molecular weight is 225 g/mol. The van der Waals surface area contributed by atoms with Crippen molar-refractivity contribution in [3.63, 3.8) is 0 Å². The van der Waals surface area contributed by atoms with Crippen molar-refractivity contribution in [3.05, 3.63) is 23.8 Å². The molecule has 1 fully saturated rings. The van der Waals surface area contributed by atoms with Gasteiger partial charge in [-0.2, -0.15) is 0 Å². The summed E-state index contributed by atoms with van der Waals surface area (Å²) in [6.07, 6.45) is 1.22. The highest BCUT2D eigenvalue weighted by atomic mass is 32.2. The zero-order valence-electron chi connectivity index (χ0n) is 8.69. The van der Waals surface area contributed by atoms with Gasteiger partial charge in [-0.1, -0.05) is 6.07 Å². The number of hydrogen-bond acceptors (Lipinski definition) is 4. The van der Waals surface area contributed by atoms with E-state index in [0.29, 0.717) is 11.1 Å². The first kappa shape index (κ1) is 10.6. The Hall–Kier alpha value is -0.870. The maximum atomic E-state index is 9.48. The standard InChI is InChI=1S/C11H15NO2S/c1-14-10-7-8(3-4-9(10)13)11-12-5-2-6-15-11/h3-4,7,11-13H,2,5-6H2,1H3. The van der Waals surface area contributed by atoms with Crippen molar-refractivity contribution < 1.29 is 9.84 Å². The molecule has 2 rings (SSSR count). The van der Waals surface area contributed by atoms with Crippen LogP contribution in [0.3, 0.4) is 0 Å². The van der Waals surface area contributed by atoms with Crippen LogP contribution >= 0.6 is 11.8 Å². The van der Waals surface area contributed by atoms with Crippen molar-refractivity contribution >= 4 is 11.8 Å². The van der Waals surface area contributed by atoms with E-state index in [1.54, 1.807) is 13.2 Å². The number of ether oxygens (including phenoxy) is 1. The third kappa shape index (κ3) is 2.38. The zero-order chi connectivity index (χ0) is 10.7. The zero-order valence-corrected chi connectivity index (χ0v) is 9.51. The quantitative estimate of drug-likeness (QED) is 0.809. The molecular weight excluding hydrogens is 210 g/mol. The van der Waals surface area contributed by atoms with E-state index in [1.807, 2.05) is 23.9 Å². The predicted octanol–water partition coefficient (Wildman–Crippen LogP) is 2.13. The average Bonchev–Trinajstić information content (AvgIpc) is 2.31. The van der Waals surface area contributed by atoms with Gasteiger partial charge in [-0.25, -0.2) is 0 Å². The topological polar surface area (TPSA) is 41.5 Å². The summed E-state index contributed by atoms with van der Waals surface area (Å²) in [6.45, 7) is 1.06. The maximum absolute atomic E-state index is 9.48. The second kappa shape index (κ2) is 4.77. The first-order valence-electron chi connectivity index (χ1n) is 5.03. The number of rotatable bonds is 2. The molecule has 4 heteroatoms. The molecule has 0 aromatic heterocycles. The molecule has 1 unspecified atom stereocenters. The van der Waals surface area contributed by atoms with Crippen LogP contribution in [0.2, 0.25) is 0 Å². The van der Waals surface area contributed by atoms with E-state index in [0.717, 1.165) is 12.1 Å². The number of methoxy groups -OCH3 is 1. The van der Waals surface area contributed by atoms with E-state index in [1.165, 1.54) is 12.2 Å². The lowest BCUT2D eigenvalue weighted by Crippen LogP contribution is -2.25. The van der Waals surface area contributed by atoms with Gasteiger partial charge in [-0.3, -0.25) is 0 Å². The van der Waals surface area contributed by atoms with Crippen molar-refractivity contribution in [2.75, 3.05) is 19.4 Å². The highest BCUT2D eigenvalue weighted by Gasteiger charge is 2.16. The number of hydrogen-bond donors (Lipinski definition) is 2. The lowest BCUT2D eigenvalue weighted by molar-refractivity contribution is 0.372. The van der Waals surface area contributed by atoms with Crippen LogP contribution in [-0.4, -0.2) is 24.5 Å². The van der Waals surface area contributed by atoms with Crippen molar-refractivity contribution in [2.45, 2.75) is 11.8 Å². The predicted molar refractivity (Wildman–Crippen MR) is 62.5 cm³/mol. The summed E-state index contributed by atoms with van der Waals surface area (Å²) < 4.78 is 5.09. The van der Waals surface area contributed by atoms with Crippen LogP contribution < -0.4 is 10.1 Å². The fourth-order valence-corrected chi connectivity index (χ4v) is 2.76. The highest BCUT2D eigenvalue weighted by molar-refractivity contribution is 7.99. The van der Waals surface area contributed by atoms with E-state index in [-0.39, 0.29) is 5.75 Å². The van der Waals surface area contributed by atoms with Crippen molar-refractivity contribution in [3.8, 4) is 11.5 Å². The molecule has 82 valence electrons. The van der Waals surface area contributed by atoms with Gasteiger partial charge in [0.2, 0.25) is 0 Å². The molecule has 1 aliphatic rings. The van der Waals surface area contributed by atoms with Gasteiger partial charge in [0.25, 0.3) is 0 Å². The summed E-state index contributed by atoms with van der Waals surface area (Å²) in [5.74, 6) is 1.92. The first-order valence-corrected chi connectivity index (χ1v) is 6.08. The molecule has 1 saturated heterocycles. The van der Waals surface area contributed by atoms with Crippen LogP contribution in [0.5, 0.6) is 11.5 Å². The minimum Gasteiger partial charge on any atom is -0.504 e. The van der Waals surface area contributed by atoms with E-state index in [4.69, 9.17) is 4.74 Å². The van der Waals surface area contributed by atoms with Crippen LogP contribution in [-0.2, 0) is 0 Å². The van der Waals surface area contributed by atoms with E-state index in [2.05, 4.69) is 5.32 Å². The number of nitrogens with one attached hydrogen (secondary N) is 1. The Morgan fingerprint density at radius 3 is 3.07 bits per heavy atom. The second-order valence-corrected chi connectivity index (χ2v) is 4.70. The summed E-state index contributed by atoms with van der Waals surface area (Å²) in [5.41, 5.74) is 1.16. The third-order valence-corrected chi connectivity index (χ3v) is 3.74. The Morgan fingerprint density at radius 2 is 2.40 bits per heavy atom. The molecule has 1 heterocycles. The molecular formula is C11H15NO2S. The number of benzene rings is 1. The largest absolute Gasteiger partial charge is 0.504 e. The molecule has 1 aliphatic heterocycles. The molecule has 2 N–H and O–H groups in total. The Balaban J connectivity index is 2.20. The summed E-state index contributed by atoms with van der Waals surface area (Å²) in [7, 11) is 1.57. The molecule has 0 saturated carbocycles. The van der Waals surface area contributed by atoms with Gasteiger partial charge in [0.1, 0.15) is 0 Å². The molecule has 0 aliphatic carbocycles. The molecule has 0 amide bonds. The monoisotopic (exact) mass is 225 g/mol. The normalized spacial score (nSPS) is 21.3. The minimum atomic E-state index is 0.196. The summed E-state index contributed by atoms with van der Waals surface area (Å²) in [6, 6.07) is 5.52. The Morgan fingerprint density at radius 1 is 1.53 bits per heavy atom. The first-order chi connectivity index (χ1) is 7.31. The van der Waals surface area contributed by atoms with Crippen molar-refractivity contribution in [1.29, 1.82) is 0 Å². The number of phenolic OH excluding ortho intramolecular Hbond substituents is 1. The fourth-order valence-electron chi connectivity index (χ4n) is 1.64. The maximum Gasteiger partial charge on any atom is 0.160 e. The molecule has 1 aromatic rings. The molecule has 15 heavy (non-hydrogen) atoms. The van der Waals surface area contributed by atoms with Crippen molar-refractivity contribution in [2.24, 2.45) is 0 Å². The SMILES string of the molecule is COc1cc(C2NCCCS2)ccc1O. The van der Waals surface area contributed by atoms with Gasteiger partial charge in [0, 0.05) is 0 Å². The number of thioether (sulfide) groups is 1.